The van der Waals surface area contributed by atoms with Gasteiger partial charge in [0.05, 0.1) is 21.2 Å². The van der Waals surface area contributed by atoms with E-state index in [-0.39, 0.29) is 22.0 Å². The van der Waals surface area contributed by atoms with Gasteiger partial charge < -0.3 is 15.8 Å². The molecule has 8 nitrogen and oxygen atoms in total. The maximum Gasteiger partial charge on any atom is 0.338 e. The number of nitro benzene ring substituents is 1. The monoisotopic (exact) mass is 383 g/mol. The van der Waals surface area contributed by atoms with E-state index in [1.165, 1.54) is 24.3 Å². The SMILES string of the molecule is Nc1ccc(C(=O)OCC(=O)Nc2cc(Cl)ccc2Cl)cc1[N+](=O)[O-]. The topological polar surface area (TPSA) is 125 Å². The predicted molar refractivity (Wildman–Crippen MR) is 92.9 cm³/mol. The number of nitrogens with one attached hydrogen (secondary N) is 1. The van der Waals surface area contributed by atoms with Crippen LogP contribution in [0.3, 0.4) is 0 Å². The van der Waals surface area contributed by atoms with Crippen molar-refractivity contribution >= 4 is 52.1 Å². The Morgan fingerprint density at radius 2 is 1.92 bits per heavy atom. The number of carbonyl (C=O) groups is 2. The first-order valence-electron chi connectivity index (χ1n) is 6.74. The zero-order valence-electron chi connectivity index (χ0n) is 12.5. The van der Waals surface area contributed by atoms with E-state index in [1.54, 1.807) is 6.07 Å². The number of nitrogens with zero attached hydrogens (tertiary/aromatic N) is 1. The van der Waals surface area contributed by atoms with Gasteiger partial charge in [-0.05, 0) is 30.3 Å². The number of hydrogen-bond donors (Lipinski definition) is 2. The average molecular weight is 384 g/mol. The molecule has 0 unspecified atom stereocenters. The van der Waals surface area contributed by atoms with E-state index in [9.17, 15) is 19.7 Å². The lowest BCUT2D eigenvalue weighted by Gasteiger charge is -2.08. The van der Waals surface area contributed by atoms with Gasteiger partial charge in [0.25, 0.3) is 11.6 Å². The molecule has 0 radical (unpaired) electrons. The molecule has 1 amide bonds. The van der Waals surface area contributed by atoms with Crippen molar-refractivity contribution in [1.82, 2.24) is 0 Å². The number of halogens is 2. The Bertz CT molecular complexity index is 857. The van der Waals surface area contributed by atoms with Crippen LogP contribution in [0, 0.1) is 10.1 Å². The van der Waals surface area contributed by atoms with Crippen molar-refractivity contribution in [2.45, 2.75) is 0 Å². The molecule has 10 heteroatoms. The highest BCUT2D eigenvalue weighted by atomic mass is 35.5. The molecule has 0 heterocycles. The highest BCUT2D eigenvalue weighted by Crippen LogP contribution is 2.25. The molecule has 3 N–H and O–H groups in total. The van der Waals surface area contributed by atoms with Crippen molar-refractivity contribution < 1.29 is 19.2 Å². The van der Waals surface area contributed by atoms with Crippen LogP contribution in [0.5, 0.6) is 0 Å². The minimum absolute atomic E-state index is 0.0881. The van der Waals surface area contributed by atoms with Gasteiger partial charge >= 0.3 is 5.97 Å². The molecule has 0 saturated carbocycles. The summed E-state index contributed by atoms with van der Waals surface area (Å²) in [6.45, 7) is -0.611. The van der Waals surface area contributed by atoms with E-state index in [4.69, 9.17) is 33.7 Å². The molecule has 0 aliphatic carbocycles. The Labute approximate surface area is 151 Å². The molecule has 0 spiro atoms. The lowest BCUT2D eigenvalue weighted by Crippen LogP contribution is -2.21. The van der Waals surface area contributed by atoms with Crippen LogP contribution in [-0.2, 0) is 9.53 Å². The van der Waals surface area contributed by atoms with Crippen molar-refractivity contribution in [3.05, 3.63) is 62.1 Å². The lowest BCUT2D eigenvalue weighted by molar-refractivity contribution is -0.383. The largest absolute Gasteiger partial charge is 0.452 e. The quantitative estimate of drug-likeness (QED) is 0.353. The first-order chi connectivity index (χ1) is 11.8. The summed E-state index contributed by atoms with van der Waals surface area (Å²) in [5.41, 5.74) is 5.09. The minimum Gasteiger partial charge on any atom is -0.452 e. The molecular weight excluding hydrogens is 373 g/mol. The summed E-state index contributed by atoms with van der Waals surface area (Å²) < 4.78 is 4.82. The lowest BCUT2D eigenvalue weighted by atomic mass is 10.2. The number of benzene rings is 2. The van der Waals surface area contributed by atoms with Gasteiger partial charge in [-0.15, -0.1) is 0 Å². The van der Waals surface area contributed by atoms with Crippen LogP contribution in [0.2, 0.25) is 10.0 Å². The number of amides is 1. The molecule has 130 valence electrons. The summed E-state index contributed by atoms with van der Waals surface area (Å²) in [6.07, 6.45) is 0. The van der Waals surface area contributed by atoms with Gasteiger partial charge in [0.2, 0.25) is 0 Å². The van der Waals surface area contributed by atoms with Crippen molar-refractivity contribution in [3.8, 4) is 0 Å². The van der Waals surface area contributed by atoms with Gasteiger partial charge in [-0.3, -0.25) is 14.9 Å². The van der Waals surface area contributed by atoms with E-state index < -0.39 is 29.1 Å². The second kappa shape index (κ2) is 7.82. The van der Waals surface area contributed by atoms with Crippen LogP contribution in [0.4, 0.5) is 17.1 Å². The molecule has 0 aliphatic rings. The number of nitrogen functional groups attached to an aromatic ring is 1. The Balaban J connectivity index is 2.00. The molecule has 0 bridgehead atoms. The Hall–Kier alpha value is -2.84. The van der Waals surface area contributed by atoms with Crippen LogP contribution in [-0.4, -0.2) is 23.4 Å². The van der Waals surface area contributed by atoms with Crippen LogP contribution >= 0.6 is 23.2 Å². The van der Waals surface area contributed by atoms with Crippen molar-refractivity contribution in [3.63, 3.8) is 0 Å². The molecular formula is C15H11Cl2N3O5. The van der Waals surface area contributed by atoms with Gasteiger partial charge in [0, 0.05) is 11.1 Å². The average Bonchev–Trinajstić information content (AvgIpc) is 2.56. The van der Waals surface area contributed by atoms with Gasteiger partial charge in [0.15, 0.2) is 6.61 Å². The molecule has 0 atom stereocenters. The number of carbonyl (C=O) groups excluding carboxylic acids is 2. The fourth-order valence-corrected chi connectivity index (χ4v) is 2.16. The maximum atomic E-state index is 11.9. The second-order valence-corrected chi connectivity index (χ2v) is 5.62. The molecule has 2 aromatic carbocycles. The van der Waals surface area contributed by atoms with Crippen molar-refractivity contribution in [2.24, 2.45) is 0 Å². The molecule has 0 aromatic heterocycles. The Morgan fingerprint density at radius 3 is 2.60 bits per heavy atom. The van der Waals surface area contributed by atoms with E-state index in [1.807, 2.05) is 0 Å². The van der Waals surface area contributed by atoms with E-state index in [2.05, 4.69) is 5.32 Å². The first-order valence-corrected chi connectivity index (χ1v) is 7.49. The smallest absolute Gasteiger partial charge is 0.338 e. The highest BCUT2D eigenvalue weighted by Gasteiger charge is 2.17. The summed E-state index contributed by atoms with van der Waals surface area (Å²) in [4.78, 5) is 33.8. The van der Waals surface area contributed by atoms with E-state index in [0.717, 1.165) is 6.07 Å². The number of nitrogens with two attached hydrogens (primary N) is 1. The molecule has 25 heavy (non-hydrogen) atoms. The summed E-state index contributed by atoms with van der Waals surface area (Å²) in [6, 6.07) is 7.93. The van der Waals surface area contributed by atoms with Crippen molar-refractivity contribution in [2.75, 3.05) is 17.7 Å². The van der Waals surface area contributed by atoms with Gasteiger partial charge in [-0.2, -0.15) is 0 Å². The van der Waals surface area contributed by atoms with Gasteiger partial charge in [-0.25, -0.2) is 4.79 Å². The summed E-state index contributed by atoms with van der Waals surface area (Å²) in [5.74, 6) is -1.56. The van der Waals surface area contributed by atoms with Gasteiger partial charge in [-0.1, -0.05) is 23.2 Å². The molecule has 0 saturated heterocycles. The molecule has 0 fully saturated rings. The highest BCUT2D eigenvalue weighted by molar-refractivity contribution is 6.35. The van der Waals surface area contributed by atoms with Crippen LogP contribution in [0.1, 0.15) is 10.4 Å². The van der Waals surface area contributed by atoms with E-state index in [0.29, 0.717) is 5.02 Å². The summed E-state index contributed by atoms with van der Waals surface area (Å²) >= 11 is 11.7. The Kier molecular flexibility index (Phi) is 5.79. The normalized spacial score (nSPS) is 10.2. The Morgan fingerprint density at radius 1 is 1.20 bits per heavy atom. The number of nitro groups is 1. The fourth-order valence-electron chi connectivity index (χ4n) is 1.82. The molecule has 0 aliphatic heterocycles. The summed E-state index contributed by atoms with van der Waals surface area (Å²) in [7, 11) is 0. The number of anilines is 2. The molecule has 2 rings (SSSR count). The van der Waals surface area contributed by atoms with E-state index >= 15 is 0 Å². The number of esters is 1. The molecule has 2 aromatic rings. The fraction of sp³-hybridized carbons (Fsp3) is 0.0667. The van der Waals surface area contributed by atoms with Gasteiger partial charge in [0.1, 0.15) is 5.69 Å². The third-order valence-electron chi connectivity index (χ3n) is 3.00. The second-order valence-electron chi connectivity index (χ2n) is 4.78. The maximum absolute atomic E-state index is 11.9. The van der Waals surface area contributed by atoms with Crippen LogP contribution in [0.15, 0.2) is 36.4 Å². The minimum atomic E-state index is -0.907. The third-order valence-corrected chi connectivity index (χ3v) is 3.56. The van der Waals surface area contributed by atoms with Crippen LogP contribution < -0.4 is 11.1 Å². The summed E-state index contributed by atoms with van der Waals surface area (Å²) in [5, 5.41) is 13.9. The standard InChI is InChI=1S/C15H11Cl2N3O5/c16-9-2-3-10(17)12(6-9)19-14(21)7-25-15(22)8-1-4-11(18)13(5-8)20(23)24/h1-6H,7,18H2,(H,19,21). The third kappa shape index (κ3) is 4.82. The zero-order chi connectivity index (χ0) is 18.6. The number of ether oxygens (including phenoxy) is 1. The zero-order valence-corrected chi connectivity index (χ0v) is 14.0. The first kappa shape index (κ1) is 18.5. The number of hydrogen-bond acceptors (Lipinski definition) is 6. The van der Waals surface area contributed by atoms with Crippen molar-refractivity contribution in [1.29, 1.82) is 0 Å². The number of rotatable bonds is 5. The van der Waals surface area contributed by atoms with Crippen LogP contribution in [0.25, 0.3) is 0 Å². The predicted octanol–water partition coefficient (Wildman–Crippen LogP) is 3.28.